The van der Waals surface area contributed by atoms with Crippen molar-refractivity contribution in [2.75, 3.05) is 26.5 Å². The second-order valence-corrected chi connectivity index (χ2v) is 6.82. The van der Waals surface area contributed by atoms with E-state index in [2.05, 4.69) is 85.8 Å². The van der Waals surface area contributed by atoms with E-state index in [4.69, 9.17) is 4.74 Å². The van der Waals surface area contributed by atoms with Gasteiger partial charge < -0.3 is 15.0 Å². The van der Waals surface area contributed by atoms with Crippen LogP contribution in [0.1, 0.15) is 11.1 Å². The van der Waals surface area contributed by atoms with E-state index in [9.17, 15) is 0 Å². The molecule has 0 saturated heterocycles. The highest BCUT2D eigenvalue weighted by Gasteiger charge is 2.04. The van der Waals surface area contributed by atoms with Gasteiger partial charge in [0.2, 0.25) is 0 Å². The van der Waals surface area contributed by atoms with Crippen LogP contribution in [0.25, 0.3) is 11.1 Å². The number of anilines is 2. The second-order valence-electron chi connectivity index (χ2n) is 6.82. The highest BCUT2D eigenvalue weighted by Crippen LogP contribution is 2.27. The quantitative estimate of drug-likeness (QED) is 0.640. The van der Waals surface area contributed by atoms with Gasteiger partial charge >= 0.3 is 0 Å². The maximum atomic E-state index is 5.32. The van der Waals surface area contributed by atoms with Crippen LogP contribution < -0.4 is 10.1 Å². The lowest BCUT2D eigenvalue weighted by Crippen LogP contribution is -2.10. The summed E-state index contributed by atoms with van der Waals surface area (Å²) in [5.41, 5.74) is 7.10. The Morgan fingerprint density at radius 3 is 2.35 bits per heavy atom. The lowest BCUT2D eigenvalue weighted by molar-refractivity contribution is 0.402. The van der Waals surface area contributed by atoms with E-state index in [0.717, 1.165) is 29.2 Å². The summed E-state index contributed by atoms with van der Waals surface area (Å²) in [5.74, 6) is 0.873. The SMILES string of the molecule is COc1cccc(-c2ccc(Nc3cc(CN(C)C)ccc3C)cc2)c1. The number of benzene rings is 3. The van der Waals surface area contributed by atoms with Crippen LogP contribution in [-0.4, -0.2) is 26.1 Å². The first-order valence-corrected chi connectivity index (χ1v) is 8.81. The van der Waals surface area contributed by atoms with Crippen molar-refractivity contribution < 1.29 is 4.74 Å². The van der Waals surface area contributed by atoms with Gasteiger partial charge in [0.25, 0.3) is 0 Å². The summed E-state index contributed by atoms with van der Waals surface area (Å²) in [6.07, 6.45) is 0. The van der Waals surface area contributed by atoms with Crippen molar-refractivity contribution in [2.45, 2.75) is 13.5 Å². The number of nitrogens with zero attached hydrogens (tertiary/aromatic N) is 1. The first-order valence-electron chi connectivity index (χ1n) is 8.81. The van der Waals surface area contributed by atoms with Crippen LogP contribution in [0.2, 0.25) is 0 Å². The van der Waals surface area contributed by atoms with E-state index >= 15 is 0 Å². The van der Waals surface area contributed by atoms with E-state index < -0.39 is 0 Å². The third kappa shape index (κ3) is 4.44. The molecule has 3 aromatic rings. The minimum Gasteiger partial charge on any atom is -0.497 e. The molecule has 0 bridgehead atoms. The predicted molar refractivity (Wildman–Crippen MR) is 110 cm³/mol. The molecule has 0 spiro atoms. The van der Waals surface area contributed by atoms with Gasteiger partial charge in [0.05, 0.1) is 7.11 Å². The summed E-state index contributed by atoms with van der Waals surface area (Å²) >= 11 is 0. The second kappa shape index (κ2) is 8.07. The molecule has 134 valence electrons. The van der Waals surface area contributed by atoms with Crippen LogP contribution >= 0.6 is 0 Å². The Balaban J connectivity index is 1.79. The molecule has 1 N–H and O–H groups in total. The van der Waals surface area contributed by atoms with Gasteiger partial charge in [-0.2, -0.15) is 0 Å². The average Bonchev–Trinajstić information content (AvgIpc) is 2.65. The number of ether oxygens (including phenoxy) is 1. The maximum Gasteiger partial charge on any atom is 0.119 e. The Morgan fingerprint density at radius 2 is 1.65 bits per heavy atom. The summed E-state index contributed by atoms with van der Waals surface area (Å²) in [6, 6.07) is 23.2. The number of hydrogen-bond donors (Lipinski definition) is 1. The molecule has 26 heavy (non-hydrogen) atoms. The van der Waals surface area contributed by atoms with Crippen molar-refractivity contribution in [3.63, 3.8) is 0 Å². The van der Waals surface area contributed by atoms with E-state index in [1.54, 1.807) is 7.11 Å². The summed E-state index contributed by atoms with van der Waals surface area (Å²) in [5, 5.41) is 3.54. The molecule has 0 aliphatic heterocycles. The van der Waals surface area contributed by atoms with Crippen LogP contribution in [0, 0.1) is 6.92 Å². The van der Waals surface area contributed by atoms with E-state index in [-0.39, 0.29) is 0 Å². The van der Waals surface area contributed by atoms with E-state index in [1.807, 2.05) is 12.1 Å². The molecular formula is C23H26N2O. The third-order valence-corrected chi connectivity index (χ3v) is 4.37. The van der Waals surface area contributed by atoms with Crippen LogP contribution in [0.3, 0.4) is 0 Å². The van der Waals surface area contributed by atoms with Gasteiger partial charge in [-0.05, 0) is 73.6 Å². The fraction of sp³-hybridized carbons (Fsp3) is 0.217. The molecule has 0 saturated carbocycles. The number of rotatable bonds is 6. The van der Waals surface area contributed by atoms with Gasteiger partial charge in [-0.15, -0.1) is 0 Å². The monoisotopic (exact) mass is 346 g/mol. The van der Waals surface area contributed by atoms with Crippen molar-refractivity contribution >= 4 is 11.4 Å². The Kier molecular flexibility index (Phi) is 5.59. The minimum absolute atomic E-state index is 0.873. The zero-order valence-corrected chi connectivity index (χ0v) is 15.9. The van der Waals surface area contributed by atoms with Gasteiger partial charge in [-0.25, -0.2) is 0 Å². The molecule has 0 radical (unpaired) electrons. The number of hydrogen-bond acceptors (Lipinski definition) is 3. The minimum atomic E-state index is 0.873. The first kappa shape index (κ1) is 18.0. The summed E-state index contributed by atoms with van der Waals surface area (Å²) in [7, 11) is 5.87. The predicted octanol–water partition coefficient (Wildman–Crippen LogP) is 5.48. The third-order valence-electron chi connectivity index (χ3n) is 4.37. The van der Waals surface area contributed by atoms with Gasteiger partial charge in [0, 0.05) is 17.9 Å². The Hall–Kier alpha value is -2.78. The summed E-state index contributed by atoms with van der Waals surface area (Å²) in [4.78, 5) is 2.18. The molecule has 3 aromatic carbocycles. The largest absolute Gasteiger partial charge is 0.497 e. The molecule has 0 fully saturated rings. The Bertz CT molecular complexity index is 870. The van der Waals surface area contributed by atoms with Crippen LogP contribution in [0.15, 0.2) is 66.7 Å². The molecule has 3 heteroatoms. The zero-order chi connectivity index (χ0) is 18.5. The van der Waals surface area contributed by atoms with Crippen molar-refractivity contribution in [1.29, 1.82) is 0 Å². The number of methoxy groups -OCH3 is 1. The standard InChI is InChI=1S/C23H26N2O/c1-17-8-9-18(16-25(2)3)14-23(17)24-21-12-10-19(11-13-21)20-6-5-7-22(15-20)26-4/h5-15,24H,16H2,1-4H3. The highest BCUT2D eigenvalue weighted by molar-refractivity contribution is 5.70. The summed E-state index contributed by atoms with van der Waals surface area (Å²) in [6.45, 7) is 3.07. The van der Waals surface area contributed by atoms with E-state index in [1.165, 1.54) is 16.7 Å². The molecule has 0 atom stereocenters. The molecule has 3 nitrogen and oxygen atoms in total. The molecule has 0 heterocycles. The van der Waals surface area contributed by atoms with Crippen LogP contribution in [-0.2, 0) is 6.54 Å². The van der Waals surface area contributed by atoms with Crippen molar-refractivity contribution in [2.24, 2.45) is 0 Å². The van der Waals surface area contributed by atoms with Gasteiger partial charge in [0.1, 0.15) is 5.75 Å². The topological polar surface area (TPSA) is 24.5 Å². The highest BCUT2D eigenvalue weighted by atomic mass is 16.5. The van der Waals surface area contributed by atoms with Gasteiger partial charge in [-0.3, -0.25) is 0 Å². The lowest BCUT2D eigenvalue weighted by atomic mass is 10.0. The first-order chi connectivity index (χ1) is 12.5. The number of aryl methyl sites for hydroxylation is 1. The molecule has 0 aliphatic carbocycles. The summed E-state index contributed by atoms with van der Waals surface area (Å²) < 4.78 is 5.32. The molecular weight excluding hydrogens is 320 g/mol. The molecule has 0 amide bonds. The Morgan fingerprint density at radius 1 is 0.885 bits per heavy atom. The van der Waals surface area contributed by atoms with Crippen LogP contribution in [0.4, 0.5) is 11.4 Å². The number of nitrogens with one attached hydrogen (secondary N) is 1. The fourth-order valence-corrected chi connectivity index (χ4v) is 2.97. The molecule has 0 aliphatic rings. The van der Waals surface area contributed by atoms with Crippen molar-refractivity contribution in [3.8, 4) is 16.9 Å². The van der Waals surface area contributed by atoms with Crippen molar-refractivity contribution in [3.05, 3.63) is 77.9 Å². The van der Waals surface area contributed by atoms with E-state index in [0.29, 0.717) is 0 Å². The zero-order valence-electron chi connectivity index (χ0n) is 15.9. The average molecular weight is 346 g/mol. The van der Waals surface area contributed by atoms with Gasteiger partial charge in [0.15, 0.2) is 0 Å². The van der Waals surface area contributed by atoms with Crippen molar-refractivity contribution in [1.82, 2.24) is 4.90 Å². The Labute approximate surface area is 156 Å². The smallest absolute Gasteiger partial charge is 0.119 e. The molecule has 0 aromatic heterocycles. The van der Waals surface area contributed by atoms with Gasteiger partial charge in [-0.1, -0.05) is 36.4 Å². The maximum absolute atomic E-state index is 5.32. The fourth-order valence-electron chi connectivity index (χ4n) is 2.97. The normalized spacial score (nSPS) is 10.8. The lowest BCUT2D eigenvalue weighted by Gasteiger charge is -2.14. The molecule has 3 rings (SSSR count). The molecule has 0 unspecified atom stereocenters. The van der Waals surface area contributed by atoms with Crippen LogP contribution in [0.5, 0.6) is 5.75 Å².